The fourth-order valence-electron chi connectivity index (χ4n) is 11.0. The number of unbranched alkanes of at least 4 members (excludes halogenated alkanes) is 41. The van der Waals surface area contributed by atoms with Gasteiger partial charge in [0, 0.05) is 25.7 Å². The lowest BCUT2D eigenvalue weighted by atomic mass is 9.99. The van der Waals surface area contributed by atoms with E-state index in [0.29, 0.717) is 25.7 Å². The van der Waals surface area contributed by atoms with Gasteiger partial charge in [0.2, 0.25) is 0 Å². The van der Waals surface area contributed by atoms with Crippen molar-refractivity contribution in [2.45, 2.75) is 387 Å². The predicted molar refractivity (Wildman–Crippen MR) is 381 cm³/mol. The third-order valence-corrected chi connectivity index (χ3v) is 19.2. The van der Waals surface area contributed by atoms with Gasteiger partial charge in [0.05, 0.1) is 26.4 Å². The highest BCUT2D eigenvalue weighted by atomic mass is 31.2. The first-order valence-electron chi connectivity index (χ1n) is 38.5. The molecule has 0 aromatic rings. The number of aliphatic hydroxyl groups excluding tert-OH is 1. The van der Waals surface area contributed by atoms with Crippen molar-refractivity contribution in [3.8, 4) is 0 Å². The third-order valence-electron chi connectivity index (χ3n) is 17.3. The highest BCUT2D eigenvalue weighted by Gasteiger charge is 2.30. The van der Waals surface area contributed by atoms with E-state index in [1.807, 2.05) is 0 Å². The largest absolute Gasteiger partial charge is 0.472 e. The molecule has 3 unspecified atom stereocenters. The molecule has 0 aromatic carbocycles. The van der Waals surface area contributed by atoms with Crippen LogP contribution in [0.4, 0.5) is 0 Å². The molecule has 0 saturated heterocycles. The number of ether oxygens (including phenoxy) is 4. The Morgan fingerprint density at radius 1 is 0.340 bits per heavy atom. The Morgan fingerprint density at radius 2 is 0.596 bits per heavy atom. The molecule has 0 aliphatic rings. The zero-order valence-electron chi connectivity index (χ0n) is 60.6. The molecular weight excluding hydrogens is 1230 g/mol. The second-order valence-electron chi connectivity index (χ2n) is 26.6. The van der Waals surface area contributed by atoms with E-state index < -0.39 is 97.5 Å². The van der Waals surface area contributed by atoms with Gasteiger partial charge < -0.3 is 33.8 Å². The summed E-state index contributed by atoms with van der Waals surface area (Å²) in [7, 11) is -9.91. The summed E-state index contributed by atoms with van der Waals surface area (Å²) < 4.78 is 68.2. The molecule has 0 rings (SSSR count). The number of rotatable bonds is 73. The summed E-state index contributed by atoms with van der Waals surface area (Å²) in [4.78, 5) is 72.4. The summed E-state index contributed by atoms with van der Waals surface area (Å²) in [5, 5.41) is 10.6. The van der Waals surface area contributed by atoms with Crippen LogP contribution >= 0.6 is 15.6 Å². The molecule has 0 fully saturated rings. The lowest BCUT2D eigenvalue weighted by molar-refractivity contribution is -0.161. The van der Waals surface area contributed by atoms with Crippen molar-refractivity contribution in [2.75, 3.05) is 39.6 Å². The molecule has 554 valence electrons. The van der Waals surface area contributed by atoms with Crippen LogP contribution in [0.2, 0.25) is 0 Å². The number of phosphoric ester groups is 2. The van der Waals surface area contributed by atoms with Crippen LogP contribution < -0.4 is 0 Å². The Hall–Kier alpha value is -2.46. The van der Waals surface area contributed by atoms with Gasteiger partial charge in [0.25, 0.3) is 0 Å². The number of esters is 4. The first-order valence-corrected chi connectivity index (χ1v) is 41.5. The summed E-state index contributed by atoms with van der Waals surface area (Å²) in [6, 6.07) is 0. The van der Waals surface area contributed by atoms with Crippen LogP contribution in [0.1, 0.15) is 369 Å². The van der Waals surface area contributed by atoms with Gasteiger partial charge in [0.15, 0.2) is 12.2 Å². The molecule has 0 bridgehead atoms. The molecule has 0 aliphatic carbocycles. The van der Waals surface area contributed by atoms with Crippen molar-refractivity contribution in [3.63, 3.8) is 0 Å². The molecule has 19 heteroatoms. The van der Waals surface area contributed by atoms with E-state index in [1.54, 1.807) is 0 Å². The maximum Gasteiger partial charge on any atom is 0.472 e. The SMILES string of the molecule is CCCCCC/C=C\C=C/CCCCCCCC(=O)OC[C@H](COP(=O)(O)OC[C@@H](O)COP(=O)(O)OC[C@@H](COC(=O)CCCCCCC)OC(=O)CCCCCCCCCCCCCC)OC(=O)CCCCCCCCCCCCCCCCCCCCC(C)CC. The van der Waals surface area contributed by atoms with Gasteiger partial charge in [-0.05, 0) is 57.3 Å². The molecule has 0 saturated carbocycles. The summed E-state index contributed by atoms with van der Waals surface area (Å²) in [5.74, 6) is -1.29. The molecule has 0 spiro atoms. The van der Waals surface area contributed by atoms with Crippen LogP contribution in [0.3, 0.4) is 0 Å². The number of carbonyl (C=O) groups is 4. The summed E-state index contributed by atoms with van der Waals surface area (Å²) in [6.07, 6.45) is 59.5. The van der Waals surface area contributed by atoms with Crippen molar-refractivity contribution < 1.29 is 80.2 Å². The molecule has 94 heavy (non-hydrogen) atoms. The van der Waals surface area contributed by atoms with Crippen LogP contribution in [-0.4, -0.2) is 96.7 Å². The minimum atomic E-state index is -4.96. The molecule has 6 atom stereocenters. The number of aliphatic hydroxyl groups is 1. The highest BCUT2D eigenvalue weighted by Crippen LogP contribution is 2.45. The maximum atomic E-state index is 13.1. The van der Waals surface area contributed by atoms with E-state index in [-0.39, 0.29) is 25.7 Å². The lowest BCUT2D eigenvalue weighted by Crippen LogP contribution is -2.30. The van der Waals surface area contributed by atoms with Gasteiger partial charge in [-0.2, -0.15) is 0 Å². The van der Waals surface area contributed by atoms with E-state index in [1.165, 1.54) is 167 Å². The standard InChI is InChI=1S/C75H142O17P2/c1-6-10-13-16-18-20-22-24-29-33-37-40-44-49-54-59-73(78)86-65-71(92-75(80)61-56-51-46-42-38-34-31-28-26-25-27-30-32-35-39-43-48-52-57-68(5)9-4)67-90-94(83,84)88-63-69(76)62-87-93(81,82)89-66-70(64-85-72(77)58-53-47-15-12-8-3)91-74(79)60-55-50-45-41-36-23-21-19-17-14-11-7-2/h20,22,24,29,68-71,76H,6-19,21,23,25-28,30-67H2,1-5H3,(H,81,82)(H,83,84)/b22-20-,29-24-/t68?,69-,70+,71+/m0/s1. The van der Waals surface area contributed by atoms with E-state index in [4.69, 9.17) is 37.0 Å². The predicted octanol–water partition coefficient (Wildman–Crippen LogP) is 21.6. The number of hydrogen-bond donors (Lipinski definition) is 3. The van der Waals surface area contributed by atoms with Crippen molar-refractivity contribution in [1.82, 2.24) is 0 Å². The van der Waals surface area contributed by atoms with Crippen LogP contribution in [0.5, 0.6) is 0 Å². The highest BCUT2D eigenvalue weighted by molar-refractivity contribution is 7.47. The molecule has 0 amide bonds. The Bertz CT molecular complexity index is 1900. The minimum absolute atomic E-state index is 0.102. The fourth-order valence-corrected chi connectivity index (χ4v) is 12.5. The quantitative estimate of drug-likeness (QED) is 0.0169. The number of phosphoric acid groups is 2. The fraction of sp³-hybridized carbons (Fsp3) is 0.893. The number of hydrogen-bond acceptors (Lipinski definition) is 15. The molecule has 0 radical (unpaired) electrons. The lowest BCUT2D eigenvalue weighted by Gasteiger charge is -2.21. The van der Waals surface area contributed by atoms with Crippen LogP contribution in [0.25, 0.3) is 0 Å². The van der Waals surface area contributed by atoms with E-state index in [2.05, 4.69) is 58.9 Å². The molecule has 17 nitrogen and oxygen atoms in total. The summed E-state index contributed by atoms with van der Waals surface area (Å²) in [5.41, 5.74) is 0. The summed E-state index contributed by atoms with van der Waals surface area (Å²) in [6.45, 7) is 7.19. The van der Waals surface area contributed by atoms with E-state index >= 15 is 0 Å². The van der Waals surface area contributed by atoms with Gasteiger partial charge in [-0.3, -0.25) is 37.3 Å². The molecular formula is C75H142O17P2. The normalized spacial score (nSPS) is 14.4. The van der Waals surface area contributed by atoms with Crippen molar-refractivity contribution in [2.24, 2.45) is 5.92 Å². The molecule has 0 aliphatic heterocycles. The Kier molecular flexibility index (Phi) is 65.9. The van der Waals surface area contributed by atoms with Crippen molar-refractivity contribution in [1.29, 1.82) is 0 Å². The first-order chi connectivity index (χ1) is 45.6. The summed E-state index contributed by atoms with van der Waals surface area (Å²) >= 11 is 0. The van der Waals surface area contributed by atoms with Crippen LogP contribution in [0.15, 0.2) is 24.3 Å². The number of carbonyl (C=O) groups excluding carboxylic acids is 4. The second-order valence-corrected chi connectivity index (χ2v) is 29.5. The first kappa shape index (κ1) is 91.5. The Morgan fingerprint density at radius 3 is 0.904 bits per heavy atom. The smallest absolute Gasteiger partial charge is 0.462 e. The molecule has 0 heterocycles. The zero-order chi connectivity index (χ0) is 69.1. The molecule has 0 aromatic heterocycles. The second kappa shape index (κ2) is 67.7. The topological polar surface area (TPSA) is 237 Å². The monoisotopic (exact) mass is 1380 g/mol. The van der Waals surface area contributed by atoms with Crippen LogP contribution in [-0.2, 0) is 65.4 Å². The van der Waals surface area contributed by atoms with Gasteiger partial charge in [0.1, 0.15) is 19.3 Å². The third kappa shape index (κ3) is 66.8. The average molecular weight is 1380 g/mol. The van der Waals surface area contributed by atoms with Gasteiger partial charge >= 0.3 is 39.5 Å². The molecule has 3 N–H and O–H groups in total. The Balaban J connectivity index is 5.15. The number of allylic oxidation sites excluding steroid dienone is 4. The van der Waals surface area contributed by atoms with Crippen LogP contribution in [0, 0.1) is 5.92 Å². The average Bonchev–Trinajstić information content (AvgIpc) is 1.88. The van der Waals surface area contributed by atoms with Crippen molar-refractivity contribution in [3.05, 3.63) is 24.3 Å². The zero-order valence-corrected chi connectivity index (χ0v) is 62.4. The Labute approximate surface area is 573 Å². The van der Waals surface area contributed by atoms with Gasteiger partial charge in [-0.25, -0.2) is 9.13 Å². The maximum absolute atomic E-state index is 13.1. The van der Waals surface area contributed by atoms with Crippen molar-refractivity contribution >= 4 is 39.5 Å². The van der Waals surface area contributed by atoms with Gasteiger partial charge in [-0.1, -0.05) is 316 Å². The minimum Gasteiger partial charge on any atom is -0.462 e. The van der Waals surface area contributed by atoms with E-state index in [9.17, 15) is 43.2 Å². The van der Waals surface area contributed by atoms with E-state index in [0.717, 1.165) is 121 Å². The van der Waals surface area contributed by atoms with Gasteiger partial charge in [-0.15, -0.1) is 0 Å².